The average Bonchev–Trinajstić information content (AvgIpc) is 2.73. The highest BCUT2D eigenvalue weighted by atomic mass is 32.2. The highest BCUT2D eigenvalue weighted by Crippen LogP contribution is 2.26. The van der Waals surface area contributed by atoms with E-state index in [9.17, 15) is 0 Å². The molecular formula is C13H19NOS. The van der Waals surface area contributed by atoms with Gasteiger partial charge in [-0.3, -0.25) is 0 Å². The lowest BCUT2D eigenvalue weighted by atomic mass is 10.1. The molecular weight excluding hydrogens is 218 g/mol. The van der Waals surface area contributed by atoms with Crippen LogP contribution in [0.2, 0.25) is 0 Å². The molecule has 88 valence electrons. The third kappa shape index (κ3) is 3.00. The third-order valence-corrected chi connectivity index (χ3v) is 4.48. The molecule has 2 unspecified atom stereocenters. The predicted octanol–water partition coefficient (Wildman–Crippen LogP) is 2.16. The molecule has 2 atom stereocenters. The maximum Gasteiger partial charge on any atom is 0.0681 e. The van der Waals surface area contributed by atoms with Gasteiger partial charge in [-0.25, -0.2) is 0 Å². The quantitative estimate of drug-likeness (QED) is 0.841. The van der Waals surface area contributed by atoms with E-state index < -0.39 is 0 Å². The average molecular weight is 237 g/mol. The number of nitrogens with one attached hydrogen (secondary N) is 1. The van der Waals surface area contributed by atoms with Crippen LogP contribution in [0, 0.1) is 0 Å². The number of rotatable bonds is 4. The van der Waals surface area contributed by atoms with Crippen molar-refractivity contribution in [1.29, 1.82) is 0 Å². The molecule has 2 rings (SSSR count). The standard InChI is InChI=1S/C13H19NOS/c1-10-13(6-7-16-10)14-8-11-2-4-12(9-15)5-3-11/h2-5,10,13-15H,6-9H2,1H3. The minimum absolute atomic E-state index is 0.129. The van der Waals surface area contributed by atoms with Crippen molar-refractivity contribution in [3.63, 3.8) is 0 Å². The van der Waals surface area contributed by atoms with Gasteiger partial charge in [0, 0.05) is 17.8 Å². The van der Waals surface area contributed by atoms with Crippen LogP contribution in [-0.2, 0) is 13.2 Å². The highest BCUT2D eigenvalue weighted by Gasteiger charge is 2.22. The van der Waals surface area contributed by atoms with Gasteiger partial charge in [0.05, 0.1) is 6.61 Å². The summed E-state index contributed by atoms with van der Waals surface area (Å²) in [5.74, 6) is 1.28. The van der Waals surface area contributed by atoms with E-state index in [4.69, 9.17) is 5.11 Å². The van der Waals surface area contributed by atoms with Gasteiger partial charge in [-0.2, -0.15) is 11.8 Å². The van der Waals surface area contributed by atoms with Gasteiger partial charge in [0.1, 0.15) is 0 Å². The van der Waals surface area contributed by atoms with Crippen molar-refractivity contribution in [2.45, 2.75) is 37.8 Å². The molecule has 1 fully saturated rings. The van der Waals surface area contributed by atoms with Gasteiger partial charge >= 0.3 is 0 Å². The molecule has 1 aromatic rings. The van der Waals surface area contributed by atoms with E-state index in [0.29, 0.717) is 6.04 Å². The first-order valence-electron chi connectivity index (χ1n) is 5.83. The second kappa shape index (κ2) is 5.71. The Morgan fingerprint density at radius 2 is 2.00 bits per heavy atom. The van der Waals surface area contributed by atoms with Crippen LogP contribution >= 0.6 is 11.8 Å². The van der Waals surface area contributed by atoms with E-state index in [1.54, 1.807) is 0 Å². The Kier molecular flexibility index (Phi) is 4.27. The number of aliphatic hydroxyl groups excluding tert-OH is 1. The lowest BCUT2D eigenvalue weighted by molar-refractivity contribution is 0.282. The molecule has 3 heteroatoms. The fraction of sp³-hybridized carbons (Fsp3) is 0.538. The Bertz CT molecular complexity index is 325. The van der Waals surface area contributed by atoms with E-state index in [-0.39, 0.29) is 6.61 Å². The molecule has 2 nitrogen and oxygen atoms in total. The summed E-state index contributed by atoms with van der Waals surface area (Å²) in [4.78, 5) is 0. The number of benzene rings is 1. The second-order valence-electron chi connectivity index (χ2n) is 4.33. The molecule has 0 spiro atoms. The molecule has 1 aliphatic rings. The molecule has 0 bridgehead atoms. The normalized spacial score (nSPS) is 24.9. The third-order valence-electron chi connectivity index (χ3n) is 3.15. The molecule has 1 aromatic carbocycles. The number of hydrogen-bond donors (Lipinski definition) is 2. The molecule has 0 amide bonds. The molecule has 1 heterocycles. The lowest BCUT2D eigenvalue weighted by Gasteiger charge is -2.16. The summed E-state index contributed by atoms with van der Waals surface area (Å²) in [6.07, 6.45) is 1.28. The van der Waals surface area contributed by atoms with E-state index in [0.717, 1.165) is 17.4 Å². The van der Waals surface area contributed by atoms with Crippen LogP contribution < -0.4 is 5.32 Å². The monoisotopic (exact) mass is 237 g/mol. The first-order chi connectivity index (χ1) is 7.79. The van der Waals surface area contributed by atoms with Crippen molar-refractivity contribution in [3.05, 3.63) is 35.4 Å². The van der Waals surface area contributed by atoms with Crippen molar-refractivity contribution < 1.29 is 5.11 Å². The van der Waals surface area contributed by atoms with Crippen molar-refractivity contribution in [2.75, 3.05) is 5.75 Å². The van der Waals surface area contributed by atoms with Crippen LogP contribution in [0.3, 0.4) is 0 Å². The minimum Gasteiger partial charge on any atom is -0.392 e. The first kappa shape index (κ1) is 12.0. The lowest BCUT2D eigenvalue weighted by Crippen LogP contribution is -2.32. The maximum atomic E-state index is 8.95. The Hall–Kier alpha value is -0.510. The molecule has 1 saturated heterocycles. The fourth-order valence-corrected chi connectivity index (χ4v) is 3.24. The van der Waals surface area contributed by atoms with E-state index in [1.807, 2.05) is 12.1 Å². The van der Waals surface area contributed by atoms with Gasteiger partial charge in [0.25, 0.3) is 0 Å². The van der Waals surface area contributed by atoms with Crippen LogP contribution in [0.15, 0.2) is 24.3 Å². The number of aliphatic hydroxyl groups is 1. The Labute approximate surface area is 101 Å². The summed E-state index contributed by atoms with van der Waals surface area (Å²) in [7, 11) is 0. The largest absolute Gasteiger partial charge is 0.392 e. The summed E-state index contributed by atoms with van der Waals surface area (Å²) < 4.78 is 0. The smallest absolute Gasteiger partial charge is 0.0681 e. The summed E-state index contributed by atoms with van der Waals surface area (Å²) in [6.45, 7) is 3.36. The van der Waals surface area contributed by atoms with E-state index >= 15 is 0 Å². The fourth-order valence-electron chi connectivity index (χ4n) is 2.01. The molecule has 0 radical (unpaired) electrons. The van der Waals surface area contributed by atoms with Crippen LogP contribution in [-0.4, -0.2) is 22.2 Å². The molecule has 0 aromatic heterocycles. The summed E-state index contributed by atoms with van der Waals surface area (Å²) in [6, 6.07) is 8.81. The summed E-state index contributed by atoms with van der Waals surface area (Å²) in [5, 5.41) is 13.3. The van der Waals surface area contributed by atoms with Gasteiger partial charge in [0.15, 0.2) is 0 Å². The van der Waals surface area contributed by atoms with Crippen molar-refractivity contribution in [2.24, 2.45) is 0 Å². The second-order valence-corrected chi connectivity index (χ2v) is 5.81. The first-order valence-corrected chi connectivity index (χ1v) is 6.88. The van der Waals surface area contributed by atoms with Gasteiger partial charge in [-0.05, 0) is 23.3 Å². The zero-order valence-corrected chi connectivity index (χ0v) is 10.5. The zero-order chi connectivity index (χ0) is 11.4. The summed E-state index contributed by atoms with van der Waals surface area (Å²) in [5.41, 5.74) is 2.27. The van der Waals surface area contributed by atoms with Gasteiger partial charge in [-0.15, -0.1) is 0 Å². The van der Waals surface area contributed by atoms with Crippen LogP contribution in [0.1, 0.15) is 24.5 Å². The van der Waals surface area contributed by atoms with E-state index in [2.05, 4.69) is 36.1 Å². The SMILES string of the molecule is CC1SCCC1NCc1ccc(CO)cc1. The van der Waals surface area contributed by atoms with Gasteiger partial charge in [-0.1, -0.05) is 31.2 Å². The highest BCUT2D eigenvalue weighted by molar-refractivity contribution is 8.00. The van der Waals surface area contributed by atoms with Crippen LogP contribution in [0.4, 0.5) is 0 Å². The van der Waals surface area contributed by atoms with E-state index in [1.165, 1.54) is 17.7 Å². The maximum absolute atomic E-state index is 8.95. The van der Waals surface area contributed by atoms with Gasteiger partial charge in [0.2, 0.25) is 0 Å². The molecule has 0 saturated carbocycles. The minimum atomic E-state index is 0.129. The Morgan fingerprint density at radius 3 is 2.56 bits per heavy atom. The van der Waals surface area contributed by atoms with Crippen molar-refractivity contribution in [1.82, 2.24) is 5.32 Å². The predicted molar refractivity (Wildman–Crippen MR) is 69.5 cm³/mol. The topological polar surface area (TPSA) is 32.3 Å². The molecule has 1 aliphatic heterocycles. The van der Waals surface area contributed by atoms with Gasteiger partial charge < -0.3 is 10.4 Å². The van der Waals surface area contributed by atoms with Crippen molar-refractivity contribution in [3.8, 4) is 0 Å². The number of hydrogen-bond acceptors (Lipinski definition) is 3. The Balaban J connectivity index is 1.84. The molecule has 0 aliphatic carbocycles. The van der Waals surface area contributed by atoms with Crippen molar-refractivity contribution >= 4 is 11.8 Å². The number of thioether (sulfide) groups is 1. The molecule has 16 heavy (non-hydrogen) atoms. The van der Waals surface area contributed by atoms with Crippen LogP contribution in [0.5, 0.6) is 0 Å². The molecule has 2 N–H and O–H groups in total. The van der Waals surface area contributed by atoms with Crippen LogP contribution in [0.25, 0.3) is 0 Å². The zero-order valence-electron chi connectivity index (χ0n) is 9.65. The Morgan fingerprint density at radius 1 is 1.31 bits per heavy atom. The summed E-state index contributed by atoms with van der Waals surface area (Å²) >= 11 is 2.05.